The molecule has 1 saturated heterocycles. The molecule has 5 heteroatoms. The summed E-state index contributed by atoms with van der Waals surface area (Å²) < 4.78 is 0. The highest BCUT2D eigenvalue weighted by molar-refractivity contribution is 5.76. The minimum atomic E-state index is 0.221. The monoisotopic (exact) mass is 278 g/mol. The van der Waals surface area contributed by atoms with Gasteiger partial charge >= 0.3 is 0 Å². The number of unbranched alkanes of at least 4 members (excludes halogenated alkanes) is 3. The second-order valence-electron chi connectivity index (χ2n) is 5.58. The maximum absolute atomic E-state index is 12.4. The zero-order valence-corrected chi connectivity index (χ0v) is 12.2. The van der Waals surface area contributed by atoms with Crippen molar-refractivity contribution in [1.29, 1.82) is 0 Å². The molecule has 0 aliphatic carbocycles. The van der Waals surface area contributed by atoms with Crippen LogP contribution in [0.5, 0.6) is 0 Å². The number of nitrogens with two attached hydrogens (primary N) is 1. The average molecular weight is 278 g/mol. The van der Waals surface area contributed by atoms with Crippen molar-refractivity contribution in [3.05, 3.63) is 18.0 Å². The van der Waals surface area contributed by atoms with Gasteiger partial charge < -0.3 is 10.6 Å². The van der Waals surface area contributed by atoms with Crippen LogP contribution in [0, 0.1) is 0 Å². The lowest BCUT2D eigenvalue weighted by Gasteiger charge is -2.35. The number of carbonyl (C=O) groups excluding carboxylic acids is 1. The van der Waals surface area contributed by atoms with Crippen molar-refractivity contribution in [1.82, 2.24) is 15.1 Å². The summed E-state index contributed by atoms with van der Waals surface area (Å²) in [4.78, 5) is 14.5. The van der Waals surface area contributed by atoms with Crippen molar-refractivity contribution in [3.63, 3.8) is 0 Å². The van der Waals surface area contributed by atoms with Gasteiger partial charge in [0.1, 0.15) is 0 Å². The minimum Gasteiger partial charge on any atom is -0.336 e. The second kappa shape index (κ2) is 8.04. The van der Waals surface area contributed by atoms with Crippen LogP contribution < -0.4 is 5.73 Å². The summed E-state index contributed by atoms with van der Waals surface area (Å²) in [6.45, 7) is 1.64. The van der Waals surface area contributed by atoms with Gasteiger partial charge in [0.25, 0.3) is 0 Å². The molecule has 0 radical (unpaired) electrons. The molecule has 1 aliphatic heterocycles. The van der Waals surface area contributed by atoms with Crippen LogP contribution in [0.4, 0.5) is 0 Å². The van der Waals surface area contributed by atoms with E-state index in [1.807, 2.05) is 12.4 Å². The van der Waals surface area contributed by atoms with Crippen molar-refractivity contribution in [2.24, 2.45) is 5.73 Å². The fraction of sp³-hybridized carbons (Fsp3) is 0.733. The lowest BCUT2D eigenvalue weighted by atomic mass is 9.97. The predicted molar refractivity (Wildman–Crippen MR) is 79.0 cm³/mol. The summed E-state index contributed by atoms with van der Waals surface area (Å²) in [6, 6.07) is 0.221. The number of carbonyl (C=O) groups is 1. The Hall–Kier alpha value is -1.36. The Bertz CT molecular complexity index is 391. The Morgan fingerprint density at radius 2 is 2.20 bits per heavy atom. The predicted octanol–water partition coefficient (Wildman–Crippen LogP) is 2.37. The molecule has 1 fully saturated rings. The molecular formula is C15H26N4O. The third kappa shape index (κ3) is 4.07. The summed E-state index contributed by atoms with van der Waals surface area (Å²) in [5.74, 6) is 0.295. The van der Waals surface area contributed by atoms with Crippen LogP contribution in [-0.4, -0.2) is 34.1 Å². The van der Waals surface area contributed by atoms with Crippen molar-refractivity contribution in [3.8, 4) is 0 Å². The van der Waals surface area contributed by atoms with E-state index in [1.54, 1.807) is 0 Å². The lowest BCUT2D eigenvalue weighted by molar-refractivity contribution is -0.135. The third-order valence-electron chi connectivity index (χ3n) is 4.07. The Labute approximate surface area is 120 Å². The van der Waals surface area contributed by atoms with Crippen molar-refractivity contribution >= 4 is 5.91 Å². The Kier molecular flexibility index (Phi) is 6.05. The molecule has 2 heterocycles. The van der Waals surface area contributed by atoms with Crippen LogP contribution >= 0.6 is 0 Å². The average Bonchev–Trinajstić information content (AvgIpc) is 3.01. The number of amides is 1. The molecule has 0 bridgehead atoms. The standard InChI is InChI=1S/C15H26N4O/c16-9-5-2-1-3-8-15(20)19-10-6-4-7-14(19)13-11-17-18-12-13/h11-12,14H,1-10,16H2,(H,17,18). The molecule has 0 saturated carbocycles. The molecule has 1 unspecified atom stereocenters. The van der Waals surface area contributed by atoms with Gasteiger partial charge in [-0.3, -0.25) is 9.89 Å². The number of H-pyrrole nitrogens is 1. The molecule has 2 rings (SSSR count). The highest BCUT2D eigenvalue weighted by atomic mass is 16.2. The smallest absolute Gasteiger partial charge is 0.223 e. The molecule has 5 nitrogen and oxygen atoms in total. The number of rotatable bonds is 7. The lowest BCUT2D eigenvalue weighted by Crippen LogP contribution is -2.38. The van der Waals surface area contributed by atoms with Crippen molar-refractivity contribution in [2.45, 2.75) is 57.4 Å². The molecule has 1 atom stereocenters. The van der Waals surface area contributed by atoms with E-state index in [1.165, 1.54) is 6.42 Å². The maximum Gasteiger partial charge on any atom is 0.223 e. The van der Waals surface area contributed by atoms with Crippen LogP contribution in [0.2, 0.25) is 0 Å². The number of aromatic nitrogens is 2. The van der Waals surface area contributed by atoms with Gasteiger partial charge in [-0.05, 0) is 38.6 Å². The number of hydrogen-bond donors (Lipinski definition) is 2. The summed E-state index contributed by atoms with van der Waals surface area (Å²) in [6.07, 6.45) is 12.1. The number of likely N-dealkylation sites (tertiary alicyclic amines) is 1. The van der Waals surface area contributed by atoms with Gasteiger partial charge in [-0.25, -0.2) is 0 Å². The molecule has 0 spiro atoms. The fourth-order valence-corrected chi connectivity index (χ4v) is 2.94. The topological polar surface area (TPSA) is 75.0 Å². The number of nitrogens with zero attached hydrogens (tertiary/aromatic N) is 2. The first-order valence-corrected chi connectivity index (χ1v) is 7.81. The van der Waals surface area contributed by atoms with Crippen LogP contribution in [0.25, 0.3) is 0 Å². The Morgan fingerprint density at radius 1 is 1.35 bits per heavy atom. The Balaban J connectivity index is 1.83. The van der Waals surface area contributed by atoms with Crippen LogP contribution in [0.1, 0.15) is 63.0 Å². The van der Waals surface area contributed by atoms with Gasteiger partial charge in [-0.1, -0.05) is 12.8 Å². The van der Waals surface area contributed by atoms with Gasteiger partial charge in [0.2, 0.25) is 5.91 Å². The molecule has 20 heavy (non-hydrogen) atoms. The molecular weight excluding hydrogens is 252 g/mol. The molecule has 1 aromatic rings. The maximum atomic E-state index is 12.4. The van der Waals surface area contributed by atoms with E-state index < -0.39 is 0 Å². The zero-order chi connectivity index (χ0) is 14.2. The molecule has 1 aromatic heterocycles. The second-order valence-corrected chi connectivity index (χ2v) is 5.58. The van der Waals surface area contributed by atoms with Crippen LogP contribution in [-0.2, 0) is 4.79 Å². The number of piperidine rings is 1. The minimum absolute atomic E-state index is 0.221. The summed E-state index contributed by atoms with van der Waals surface area (Å²) in [5.41, 5.74) is 6.62. The highest BCUT2D eigenvalue weighted by Crippen LogP contribution is 2.31. The quantitative estimate of drug-likeness (QED) is 0.752. The van der Waals surface area contributed by atoms with E-state index in [4.69, 9.17) is 5.73 Å². The number of hydrogen-bond acceptors (Lipinski definition) is 3. The number of aromatic amines is 1. The SMILES string of the molecule is NCCCCCCC(=O)N1CCCCC1c1cn[nH]c1. The van der Waals surface area contributed by atoms with Gasteiger partial charge in [0.05, 0.1) is 12.2 Å². The number of nitrogens with one attached hydrogen (secondary N) is 1. The molecule has 1 aliphatic rings. The van der Waals surface area contributed by atoms with Crippen LogP contribution in [0.3, 0.4) is 0 Å². The van der Waals surface area contributed by atoms with E-state index >= 15 is 0 Å². The Morgan fingerprint density at radius 3 is 2.95 bits per heavy atom. The van der Waals surface area contributed by atoms with E-state index in [9.17, 15) is 4.79 Å². The molecule has 1 amide bonds. The highest BCUT2D eigenvalue weighted by Gasteiger charge is 2.27. The van der Waals surface area contributed by atoms with Gasteiger partial charge in [-0.2, -0.15) is 5.10 Å². The first kappa shape index (κ1) is 15.0. The van der Waals surface area contributed by atoms with E-state index in [0.29, 0.717) is 12.3 Å². The van der Waals surface area contributed by atoms with Gasteiger partial charge in [0, 0.05) is 24.7 Å². The fourth-order valence-electron chi connectivity index (χ4n) is 2.94. The first-order chi connectivity index (χ1) is 9.83. The first-order valence-electron chi connectivity index (χ1n) is 7.81. The molecule has 0 aromatic carbocycles. The zero-order valence-electron chi connectivity index (χ0n) is 12.2. The van der Waals surface area contributed by atoms with Gasteiger partial charge in [-0.15, -0.1) is 0 Å². The van der Waals surface area contributed by atoms with E-state index in [2.05, 4.69) is 15.1 Å². The van der Waals surface area contributed by atoms with Crippen LogP contribution in [0.15, 0.2) is 12.4 Å². The third-order valence-corrected chi connectivity index (χ3v) is 4.07. The molecule has 3 N–H and O–H groups in total. The van der Waals surface area contributed by atoms with Gasteiger partial charge in [0.15, 0.2) is 0 Å². The summed E-state index contributed by atoms with van der Waals surface area (Å²) in [7, 11) is 0. The normalized spacial score (nSPS) is 19.2. The molecule has 112 valence electrons. The summed E-state index contributed by atoms with van der Waals surface area (Å²) >= 11 is 0. The van der Waals surface area contributed by atoms with E-state index in [-0.39, 0.29) is 6.04 Å². The van der Waals surface area contributed by atoms with Crippen molar-refractivity contribution in [2.75, 3.05) is 13.1 Å². The largest absolute Gasteiger partial charge is 0.336 e. The van der Waals surface area contributed by atoms with E-state index in [0.717, 1.165) is 57.2 Å². The van der Waals surface area contributed by atoms with Crippen molar-refractivity contribution < 1.29 is 4.79 Å². The summed E-state index contributed by atoms with van der Waals surface area (Å²) in [5, 5.41) is 6.87.